The summed E-state index contributed by atoms with van der Waals surface area (Å²) in [5, 5.41) is 5.94. The predicted molar refractivity (Wildman–Crippen MR) is 78.4 cm³/mol. The average molecular weight is 277 g/mol. The number of aromatic nitrogens is 2. The van der Waals surface area contributed by atoms with Crippen molar-refractivity contribution in [1.82, 2.24) is 20.2 Å². The smallest absolute Gasteiger partial charge is 0.237 e. The quantitative estimate of drug-likeness (QED) is 0.838. The van der Waals surface area contributed by atoms with Gasteiger partial charge in [-0.2, -0.15) is 0 Å². The third kappa shape index (κ3) is 3.45. The van der Waals surface area contributed by atoms with Gasteiger partial charge in [-0.1, -0.05) is 0 Å². The van der Waals surface area contributed by atoms with Crippen LogP contribution in [0.25, 0.3) is 0 Å². The van der Waals surface area contributed by atoms with Crippen LogP contribution in [0.5, 0.6) is 0 Å². The molecule has 1 atom stereocenters. The molecule has 0 spiro atoms. The molecular formula is C14H23N5O. The van der Waals surface area contributed by atoms with Gasteiger partial charge in [-0.15, -0.1) is 0 Å². The van der Waals surface area contributed by atoms with Crippen molar-refractivity contribution in [2.24, 2.45) is 0 Å². The van der Waals surface area contributed by atoms with E-state index in [0.29, 0.717) is 6.54 Å². The first-order valence-electron chi connectivity index (χ1n) is 7.18. The topological polar surface area (TPSA) is 70.2 Å². The lowest BCUT2D eigenvalue weighted by molar-refractivity contribution is -0.125. The lowest BCUT2D eigenvalue weighted by atomic mass is 10.2. The average Bonchev–Trinajstić information content (AvgIpc) is 2.85. The fourth-order valence-electron chi connectivity index (χ4n) is 2.63. The Kier molecular flexibility index (Phi) is 4.89. The standard InChI is InChI=1S/C14H23N5O/c1-4-16-12-8-10(2)17-13(18-12)9-19-7-5-6-11(19)14(20)15-3/h8,11H,4-7,9H2,1-3H3,(H,15,20)(H,16,17,18). The molecule has 6 heteroatoms. The summed E-state index contributed by atoms with van der Waals surface area (Å²) in [5.41, 5.74) is 0.946. The molecule has 1 aliphatic heterocycles. The number of rotatable bonds is 5. The van der Waals surface area contributed by atoms with Crippen LogP contribution in [0.2, 0.25) is 0 Å². The van der Waals surface area contributed by atoms with Crippen molar-refractivity contribution in [1.29, 1.82) is 0 Å². The second kappa shape index (κ2) is 6.65. The van der Waals surface area contributed by atoms with E-state index in [0.717, 1.165) is 43.3 Å². The Hall–Kier alpha value is -1.69. The molecular weight excluding hydrogens is 254 g/mol. The number of likely N-dealkylation sites (N-methyl/N-ethyl adjacent to an activating group) is 1. The van der Waals surface area contributed by atoms with Crippen LogP contribution in [0.3, 0.4) is 0 Å². The number of carbonyl (C=O) groups is 1. The zero-order valence-corrected chi connectivity index (χ0v) is 12.4. The van der Waals surface area contributed by atoms with Crippen LogP contribution in [0.15, 0.2) is 6.07 Å². The first-order chi connectivity index (χ1) is 9.63. The number of amides is 1. The number of likely N-dealkylation sites (tertiary alicyclic amines) is 1. The fourth-order valence-corrected chi connectivity index (χ4v) is 2.63. The van der Waals surface area contributed by atoms with Gasteiger partial charge in [0, 0.05) is 25.4 Å². The van der Waals surface area contributed by atoms with Crippen molar-refractivity contribution in [3.63, 3.8) is 0 Å². The normalized spacial score (nSPS) is 19.1. The number of hydrogen-bond donors (Lipinski definition) is 2. The third-order valence-electron chi connectivity index (χ3n) is 3.52. The maximum atomic E-state index is 11.8. The molecule has 1 saturated heterocycles. The highest BCUT2D eigenvalue weighted by molar-refractivity contribution is 5.81. The van der Waals surface area contributed by atoms with Gasteiger partial charge in [-0.25, -0.2) is 9.97 Å². The Balaban J connectivity index is 2.10. The van der Waals surface area contributed by atoms with Crippen molar-refractivity contribution in [2.75, 3.05) is 25.5 Å². The molecule has 1 unspecified atom stereocenters. The summed E-state index contributed by atoms with van der Waals surface area (Å²) in [6, 6.07) is 1.89. The van der Waals surface area contributed by atoms with Gasteiger partial charge in [0.2, 0.25) is 5.91 Å². The summed E-state index contributed by atoms with van der Waals surface area (Å²) in [7, 11) is 1.69. The fraction of sp³-hybridized carbons (Fsp3) is 0.643. The Morgan fingerprint density at radius 1 is 1.50 bits per heavy atom. The van der Waals surface area contributed by atoms with Crippen molar-refractivity contribution in [3.8, 4) is 0 Å². The molecule has 1 aromatic heterocycles. The van der Waals surface area contributed by atoms with E-state index >= 15 is 0 Å². The van der Waals surface area contributed by atoms with Crippen molar-refractivity contribution in [3.05, 3.63) is 17.6 Å². The first kappa shape index (κ1) is 14.7. The molecule has 0 aromatic carbocycles. The van der Waals surface area contributed by atoms with E-state index in [1.54, 1.807) is 7.05 Å². The zero-order chi connectivity index (χ0) is 14.5. The minimum absolute atomic E-state index is 0.0494. The summed E-state index contributed by atoms with van der Waals surface area (Å²) >= 11 is 0. The first-order valence-corrected chi connectivity index (χ1v) is 7.18. The van der Waals surface area contributed by atoms with Crippen LogP contribution in [0, 0.1) is 6.92 Å². The number of nitrogens with one attached hydrogen (secondary N) is 2. The van der Waals surface area contributed by atoms with Crippen LogP contribution in [0.1, 0.15) is 31.3 Å². The van der Waals surface area contributed by atoms with Gasteiger partial charge in [0.1, 0.15) is 11.6 Å². The van der Waals surface area contributed by atoms with Crippen LogP contribution >= 0.6 is 0 Å². The molecule has 0 bridgehead atoms. The van der Waals surface area contributed by atoms with E-state index in [9.17, 15) is 4.79 Å². The van der Waals surface area contributed by atoms with E-state index in [1.807, 2.05) is 19.9 Å². The van der Waals surface area contributed by atoms with Gasteiger partial charge >= 0.3 is 0 Å². The maximum Gasteiger partial charge on any atom is 0.237 e. The van der Waals surface area contributed by atoms with Gasteiger partial charge in [0.15, 0.2) is 0 Å². The Bertz CT molecular complexity index is 477. The largest absolute Gasteiger partial charge is 0.370 e. The molecule has 2 N–H and O–H groups in total. The van der Waals surface area contributed by atoms with Crippen LogP contribution in [-0.2, 0) is 11.3 Å². The summed E-state index contributed by atoms with van der Waals surface area (Å²) in [6.07, 6.45) is 1.95. The predicted octanol–water partition coefficient (Wildman–Crippen LogP) is 0.927. The molecule has 2 rings (SSSR count). The molecule has 1 fully saturated rings. The summed E-state index contributed by atoms with van der Waals surface area (Å²) in [5.74, 6) is 1.71. The van der Waals surface area contributed by atoms with Gasteiger partial charge in [-0.3, -0.25) is 9.69 Å². The maximum absolute atomic E-state index is 11.8. The van der Waals surface area contributed by atoms with Crippen LogP contribution in [0.4, 0.5) is 5.82 Å². The van der Waals surface area contributed by atoms with Crippen molar-refractivity contribution >= 4 is 11.7 Å². The van der Waals surface area contributed by atoms with E-state index in [2.05, 4.69) is 25.5 Å². The lowest BCUT2D eigenvalue weighted by Gasteiger charge is -2.22. The molecule has 1 amide bonds. The molecule has 6 nitrogen and oxygen atoms in total. The molecule has 0 saturated carbocycles. The number of nitrogens with zero attached hydrogens (tertiary/aromatic N) is 3. The van der Waals surface area contributed by atoms with Gasteiger partial charge in [0.25, 0.3) is 0 Å². The monoisotopic (exact) mass is 277 g/mol. The highest BCUT2D eigenvalue weighted by Gasteiger charge is 2.30. The highest BCUT2D eigenvalue weighted by atomic mass is 16.2. The van der Waals surface area contributed by atoms with E-state index in [-0.39, 0.29) is 11.9 Å². The second-order valence-electron chi connectivity index (χ2n) is 5.08. The number of anilines is 1. The SMILES string of the molecule is CCNc1cc(C)nc(CN2CCCC2C(=O)NC)n1. The highest BCUT2D eigenvalue weighted by Crippen LogP contribution is 2.19. The molecule has 0 aliphatic carbocycles. The van der Waals surface area contributed by atoms with Crippen LogP contribution in [-0.4, -0.2) is 47.0 Å². The third-order valence-corrected chi connectivity index (χ3v) is 3.52. The molecule has 110 valence electrons. The van der Waals surface area contributed by atoms with Gasteiger partial charge < -0.3 is 10.6 Å². The van der Waals surface area contributed by atoms with Gasteiger partial charge in [-0.05, 0) is 33.2 Å². The van der Waals surface area contributed by atoms with E-state index < -0.39 is 0 Å². The van der Waals surface area contributed by atoms with E-state index in [4.69, 9.17) is 0 Å². The lowest BCUT2D eigenvalue weighted by Crippen LogP contribution is -2.41. The Labute approximate surface area is 120 Å². The van der Waals surface area contributed by atoms with Crippen LogP contribution < -0.4 is 10.6 Å². The number of aryl methyl sites for hydroxylation is 1. The molecule has 1 aliphatic rings. The minimum atomic E-state index is -0.0494. The molecule has 20 heavy (non-hydrogen) atoms. The molecule has 2 heterocycles. The van der Waals surface area contributed by atoms with Gasteiger partial charge in [0.05, 0.1) is 12.6 Å². The zero-order valence-electron chi connectivity index (χ0n) is 12.4. The molecule has 0 radical (unpaired) electrons. The van der Waals surface area contributed by atoms with Crippen molar-refractivity contribution < 1.29 is 4.79 Å². The Morgan fingerprint density at radius 2 is 2.30 bits per heavy atom. The number of carbonyl (C=O) groups excluding carboxylic acids is 1. The Morgan fingerprint density at radius 3 is 3.00 bits per heavy atom. The van der Waals surface area contributed by atoms with Crippen molar-refractivity contribution in [2.45, 2.75) is 39.3 Å². The second-order valence-corrected chi connectivity index (χ2v) is 5.08. The summed E-state index contributed by atoms with van der Waals surface area (Å²) < 4.78 is 0. The molecule has 1 aromatic rings. The summed E-state index contributed by atoms with van der Waals surface area (Å²) in [4.78, 5) is 23.0. The minimum Gasteiger partial charge on any atom is -0.370 e. The number of hydrogen-bond acceptors (Lipinski definition) is 5. The van der Waals surface area contributed by atoms with E-state index in [1.165, 1.54) is 0 Å². The summed E-state index contributed by atoms with van der Waals surface area (Å²) in [6.45, 7) is 6.38.